The Hall–Kier alpha value is -3.49. The van der Waals surface area contributed by atoms with Crippen molar-refractivity contribution >= 4 is 17.5 Å². The molecule has 1 spiro atoms. The number of carbonyl (C=O) groups excluding carboxylic acids is 2. The molecule has 1 aromatic heterocycles. The number of benzene rings is 1. The highest BCUT2D eigenvalue weighted by atomic mass is 19.1. The first-order chi connectivity index (χ1) is 14.9. The van der Waals surface area contributed by atoms with Gasteiger partial charge < -0.3 is 19.7 Å². The second kappa shape index (κ2) is 7.64. The van der Waals surface area contributed by atoms with Crippen LogP contribution < -0.4 is 19.7 Å². The molecule has 1 saturated carbocycles. The summed E-state index contributed by atoms with van der Waals surface area (Å²) in [6, 6.07) is 2.88. The average Bonchev–Trinajstić information content (AvgIpc) is 3.57. The molecular formula is C22H23F2N3O4. The van der Waals surface area contributed by atoms with Crippen molar-refractivity contribution < 1.29 is 29.3 Å². The van der Waals surface area contributed by atoms with Gasteiger partial charge in [-0.25, -0.2) is 8.78 Å². The molecule has 9 heteroatoms. The highest BCUT2D eigenvalue weighted by Gasteiger charge is 2.57. The summed E-state index contributed by atoms with van der Waals surface area (Å²) in [4.78, 5) is 30.3. The van der Waals surface area contributed by atoms with E-state index in [1.165, 1.54) is 14.2 Å². The van der Waals surface area contributed by atoms with Crippen LogP contribution in [0.15, 0.2) is 31.0 Å². The molecule has 1 aromatic carbocycles. The van der Waals surface area contributed by atoms with E-state index in [1.807, 2.05) is 0 Å². The Balaban J connectivity index is 0.00000289. The molecule has 7 nitrogen and oxygen atoms in total. The van der Waals surface area contributed by atoms with Crippen molar-refractivity contribution in [2.24, 2.45) is 0 Å². The van der Waals surface area contributed by atoms with Crippen molar-refractivity contribution in [1.29, 1.82) is 0 Å². The second-order valence-corrected chi connectivity index (χ2v) is 7.49. The number of halogens is 2. The van der Waals surface area contributed by atoms with Crippen molar-refractivity contribution in [3.63, 3.8) is 0 Å². The molecule has 0 bridgehead atoms. The number of rotatable bonds is 6. The number of hydrogen-bond acceptors (Lipinski definition) is 5. The zero-order chi connectivity index (χ0) is 22.3. The summed E-state index contributed by atoms with van der Waals surface area (Å²) in [6.07, 6.45) is 3.86. The molecule has 1 aliphatic heterocycles. The molecule has 164 valence electrons. The van der Waals surface area contributed by atoms with Gasteiger partial charge in [-0.1, -0.05) is 6.58 Å². The van der Waals surface area contributed by atoms with Gasteiger partial charge in [-0.05, 0) is 36.1 Å². The van der Waals surface area contributed by atoms with Crippen LogP contribution >= 0.6 is 0 Å². The van der Waals surface area contributed by atoms with Crippen LogP contribution in [-0.2, 0) is 28.1 Å². The van der Waals surface area contributed by atoms with Crippen molar-refractivity contribution in [3.8, 4) is 11.5 Å². The zero-order valence-electron chi connectivity index (χ0n) is 17.1. The fourth-order valence-electron chi connectivity index (χ4n) is 3.96. The smallest absolute Gasteiger partial charge is 0.243 e. The summed E-state index contributed by atoms with van der Waals surface area (Å²) in [7, 11) is 2.51. The van der Waals surface area contributed by atoms with Gasteiger partial charge in [0.25, 0.3) is 0 Å². The van der Waals surface area contributed by atoms with Crippen molar-refractivity contribution in [2.45, 2.75) is 31.3 Å². The number of nitrogens with zero attached hydrogens (tertiary/aromatic N) is 2. The fraction of sp³-hybridized carbons (Fsp3) is 0.318. The Morgan fingerprint density at radius 1 is 1.29 bits per heavy atom. The standard InChI is InChI=1S/C22H21F2N3O4.H2/c1-4-17(28)26-10-13-7-14-12(9-25-13)11-27(21(29)22(14)5-6-22)20-18(23)15(30-2)8-16(31-3)19(20)24;/h4,7-9H,1,5-6,10-11H2,2-3H3,(H,26,28);1H. The first-order valence-corrected chi connectivity index (χ1v) is 9.66. The van der Waals surface area contributed by atoms with E-state index in [0.29, 0.717) is 24.1 Å². The minimum absolute atomic E-state index is 0. The SMILES string of the molecule is C=CC(=O)NCc1cc2c(cn1)CN(c1c(F)c(OC)cc(OC)c1F)C(=O)C21CC1.[HH]. The number of amides is 2. The summed E-state index contributed by atoms with van der Waals surface area (Å²) in [5.74, 6) is -3.09. The number of carbonyl (C=O) groups is 2. The Morgan fingerprint density at radius 2 is 1.94 bits per heavy atom. The number of pyridine rings is 1. The number of hydrogen-bond donors (Lipinski definition) is 1. The summed E-state index contributed by atoms with van der Waals surface area (Å²) in [5, 5.41) is 2.65. The van der Waals surface area contributed by atoms with Crippen LogP contribution in [0.1, 0.15) is 31.1 Å². The van der Waals surface area contributed by atoms with Gasteiger partial charge in [-0.15, -0.1) is 0 Å². The third-order valence-electron chi connectivity index (χ3n) is 5.74. The summed E-state index contributed by atoms with van der Waals surface area (Å²) in [5.41, 5.74) is 0.698. The van der Waals surface area contributed by atoms with Gasteiger partial charge in [0.15, 0.2) is 23.1 Å². The Labute approximate surface area is 179 Å². The van der Waals surface area contributed by atoms with Gasteiger partial charge in [0.05, 0.1) is 38.4 Å². The van der Waals surface area contributed by atoms with E-state index in [0.717, 1.165) is 22.6 Å². The molecule has 2 heterocycles. The van der Waals surface area contributed by atoms with E-state index in [1.54, 1.807) is 12.3 Å². The third-order valence-corrected chi connectivity index (χ3v) is 5.74. The lowest BCUT2D eigenvalue weighted by Gasteiger charge is -2.35. The minimum atomic E-state index is -0.967. The number of methoxy groups -OCH3 is 2. The Bertz CT molecular complexity index is 1080. The van der Waals surface area contributed by atoms with Crippen molar-refractivity contribution in [1.82, 2.24) is 10.3 Å². The molecule has 1 aliphatic carbocycles. The molecule has 0 radical (unpaired) electrons. The minimum Gasteiger partial charge on any atom is -0.493 e. The molecule has 31 heavy (non-hydrogen) atoms. The molecule has 1 fully saturated rings. The average molecular weight is 431 g/mol. The second-order valence-electron chi connectivity index (χ2n) is 7.49. The molecular weight excluding hydrogens is 408 g/mol. The summed E-state index contributed by atoms with van der Waals surface area (Å²) < 4.78 is 40.1. The lowest BCUT2D eigenvalue weighted by atomic mass is 9.86. The van der Waals surface area contributed by atoms with Crippen LogP contribution in [0.5, 0.6) is 11.5 Å². The summed E-state index contributed by atoms with van der Waals surface area (Å²) >= 11 is 0. The topological polar surface area (TPSA) is 80.8 Å². The molecule has 0 unspecified atom stereocenters. The molecule has 4 rings (SSSR count). The monoisotopic (exact) mass is 431 g/mol. The van der Waals surface area contributed by atoms with Crippen LogP contribution in [0, 0.1) is 11.6 Å². The van der Waals surface area contributed by atoms with E-state index in [9.17, 15) is 9.59 Å². The fourth-order valence-corrected chi connectivity index (χ4v) is 3.96. The largest absolute Gasteiger partial charge is 0.493 e. The van der Waals surface area contributed by atoms with E-state index in [-0.39, 0.29) is 37.8 Å². The van der Waals surface area contributed by atoms with Gasteiger partial charge in [-0.2, -0.15) is 0 Å². The van der Waals surface area contributed by atoms with E-state index >= 15 is 8.78 Å². The lowest BCUT2D eigenvalue weighted by Crippen LogP contribution is -2.45. The maximum atomic E-state index is 15.1. The van der Waals surface area contributed by atoms with Crippen molar-refractivity contribution in [2.75, 3.05) is 19.1 Å². The normalized spacial score (nSPS) is 16.0. The molecule has 2 aliphatic rings. The van der Waals surface area contributed by atoms with Gasteiger partial charge in [0.2, 0.25) is 11.8 Å². The molecule has 0 atom stereocenters. The van der Waals surface area contributed by atoms with Gasteiger partial charge in [0, 0.05) is 13.7 Å². The number of aromatic nitrogens is 1. The van der Waals surface area contributed by atoms with Crippen LogP contribution in [0.25, 0.3) is 0 Å². The lowest BCUT2D eigenvalue weighted by molar-refractivity contribution is -0.121. The van der Waals surface area contributed by atoms with Gasteiger partial charge in [0.1, 0.15) is 5.69 Å². The van der Waals surface area contributed by atoms with Crippen molar-refractivity contribution in [3.05, 3.63) is 59.4 Å². The predicted octanol–water partition coefficient (Wildman–Crippen LogP) is 3.00. The van der Waals surface area contributed by atoms with Crippen LogP contribution in [0.4, 0.5) is 14.5 Å². The molecule has 1 N–H and O–H groups in total. The van der Waals surface area contributed by atoms with Crippen LogP contribution in [0.2, 0.25) is 0 Å². The Kier molecular flexibility index (Phi) is 5.12. The summed E-state index contributed by atoms with van der Waals surface area (Å²) in [6.45, 7) is 3.53. The van der Waals surface area contributed by atoms with Crippen LogP contribution in [-0.4, -0.2) is 31.0 Å². The predicted molar refractivity (Wildman–Crippen MR) is 110 cm³/mol. The molecule has 0 saturated heterocycles. The maximum Gasteiger partial charge on any atom is 0.243 e. The van der Waals surface area contributed by atoms with E-state index in [4.69, 9.17) is 9.47 Å². The van der Waals surface area contributed by atoms with E-state index < -0.39 is 22.7 Å². The van der Waals surface area contributed by atoms with E-state index in [2.05, 4.69) is 16.9 Å². The Morgan fingerprint density at radius 3 is 2.48 bits per heavy atom. The quantitative estimate of drug-likeness (QED) is 0.712. The number of anilines is 1. The highest BCUT2D eigenvalue weighted by molar-refractivity contribution is 6.05. The first kappa shape index (κ1) is 20.8. The third kappa shape index (κ3) is 3.30. The van der Waals surface area contributed by atoms with Gasteiger partial charge in [-0.3, -0.25) is 14.6 Å². The van der Waals surface area contributed by atoms with Gasteiger partial charge >= 0.3 is 0 Å². The number of nitrogens with one attached hydrogen (secondary N) is 1. The molecule has 2 aromatic rings. The number of ether oxygens (including phenoxy) is 2. The number of fused-ring (bicyclic) bond motifs is 2. The highest BCUT2D eigenvalue weighted by Crippen LogP contribution is 2.54. The zero-order valence-corrected chi connectivity index (χ0v) is 17.1. The maximum absolute atomic E-state index is 15.1. The van der Waals surface area contributed by atoms with Crippen LogP contribution in [0.3, 0.4) is 0 Å². The first-order valence-electron chi connectivity index (χ1n) is 9.66. The molecule has 2 amide bonds.